The molecule has 16 heavy (non-hydrogen) atoms. The largest absolute Gasteiger partial charge is 0.406 e. The van der Waals surface area contributed by atoms with Gasteiger partial charge in [-0.05, 0) is 22.9 Å². The lowest BCUT2D eigenvalue weighted by atomic mass is 10.4. The van der Waals surface area contributed by atoms with Crippen molar-refractivity contribution in [2.75, 3.05) is 25.0 Å². The van der Waals surface area contributed by atoms with Crippen molar-refractivity contribution in [3.05, 3.63) is 15.9 Å². The molecule has 1 heterocycles. The molecule has 0 saturated carbocycles. The van der Waals surface area contributed by atoms with Gasteiger partial charge in [0, 0.05) is 27.6 Å². The highest BCUT2D eigenvalue weighted by atomic mass is 16.6. The van der Waals surface area contributed by atoms with E-state index in [-0.39, 0.29) is 5.82 Å². The van der Waals surface area contributed by atoms with E-state index < -0.39 is 4.92 Å². The first-order valence-electron chi connectivity index (χ1n) is 5.08. The number of anilines is 1. The van der Waals surface area contributed by atoms with E-state index in [2.05, 4.69) is 4.98 Å². The molecule has 0 unspecified atom stereocenters. The number of nitrogens with two attached hydrogens (primary N) is 1. The van der Waals surface area contributed by atoms with Gasteiger partial charge in [-0.15, -0.1) is 0 Å². The average Bonchev–Trinajstić information content (AvgIpc) is 2.52. The van der Waals surface area contributed by atoms with E-state index in [0.29, 0.717) is 24.7 Å². The number of aromatic nitrogens is 2. The fourth-order valence-corrected chi connectivity index (χ4v) is 1.57. The van der Waals surface area contributed by atoms with Crippen LogP contribution >= 0.6 is 0 Å². The average molecular weight is 227 g/mol. The Hall–Kier alpha value is -1.63. The van der Waals surface area contributed by atoms with Gasteiger partial charge in [-0.3, -0.25) is 4.57 Å². The molecule has 0 spiro atoms. The molecule has 0 aliphatic heterocycles. The highest BCUT2D eigenvalue weighted by Crippen LogP contribution is 2.26. The summed E-state index contributed by atoms with van der Waals surface area (Å²) in [5.41, 5.74) is 5.41. The molecule has 7 nitrogen and oxygen atoms in total. The van der Waals surface area contributed by atoms with Crippen molar-refractivity contribution < 1.29 is 4.92 Å². The lowest BCUT2D eigenvalue weighted by Gasteiger charge is -2.17. The summed E-state index contributed by atoms with van der Waals surface area (Å²) in [7, 11) is 3.57. The third-order valence-corrected chi connectivity index (χ3v) is 2.50. The molecule has 0 atom stereocenters. The van der Waals surface area contributed by atoms with Crippen molar-refractivity contribution >= 4 is 11.6 Å². The zero-order chi connectivity index (χ0) is 12.3. The first-order chi connectivity index (χ1) is 7.49. The number of hydrogen-bond donors (Lipinski definition) is 1. The smallest absolute Gasteiger partial charge is 0.358 e. The fraction of sp³-hybridized carbons (Fsp3) is 0.667. The standard InChI is InChI=1S/C9H17N5O2/c1-7-11-8(14(15)16)9(13(7)3)12(2)6-4-5-10/h4-6,10H2,1-3H3. The van der Waals surface area contributed by atoms with Crippen LogP contribution in [0.25, 0.3) is 0 Å². The molecular formula is C9H17N5O2. The summed E-state index contributed by atoms with van der Waals surface area (Å²) >= 11 is 0. The van der Waals surface area contributed by atoms with Crippen LogP contribution in [-0.4, -0.2) is 34.6 Å². The Morgan fingerprint density at radius 1 is 1.62 bits per heavy atom. The molecule has 1 aromatic rings. The molecule has 90 valence electrons. The van der Waals surface area contributed by atoms with Gasteiger partial charge in [-0.1, -0.05) is 0 Å². The van der Waals surface area contributed by atoms with Crippen LogP contribution in [-0.2, 0) is 7.05 Å². The van der Waals surface area contributed by atoms with Gasteiger partial charge in [0.2, 0.25) is 11.6 Å². The van der Waals surface area contributed by atoms with Crippen molar-refractivity contribution in [3.63, 3.8) is 0 Å². The maximum atomic E-state index is 10.8. The predicted molar refractivity (Wildman–Crippen MR) is 61.5 cm³/mol. The van der Waals surface area contributed by atoms with Crippen molar-refractivity contribution in [2.45, 2.75) is 13.3 Å². The molecule has 1 rings (SSSR count). The third kappa shape index (κ3) is 2.30. The van der Waals surface area contributed by atoms with Crippen LogP contribution in [0, 0.1) is 17.0 Å². The topological polar surface area (TPSA) is 90.2 Å². The lowest BCUT2D eigenvalue weighted by Crippen LogP contribution is -2.24. The molecule has 2 N–H and O–H groups in total. The summed E-state index contributed by atoms with van der Waals surface area (Å²) in [6.07, 6.45) is 0.790. The number of nitrogens with zero attached hydrogens (tertiary/aromatic N) is 4. The van der Waals surface area contributed by atoms with Gasteiger partial charge in [0.25, 0.3) is 0 Å². The van der Waals surface area contributed by atoms with E-state index in [1.54, 1.807) is 25.6 Å². The Balaban J connectivity index is 3.05. The SMILES string of the molecule is Cc1nc([N+](=O)[O-])c(N(C)CCCN)n1C. The maximum absolute atomic E-state index is 10.8. The summed E-state index contributed by atoms with van der Waals surface area (Å²) in [5, 5.41) is 10.8. The lowest BCUT2D eigenvalue weighted by molar-refractivity contribution is -0.388. The number of imidazole rings is 1. The zero-order valence-corrected chi connectivity index (χ0v) is 9.80. The van der Waals surface area contributed by atoms with Gasteiger partial charge in [0.15, 0.2) is 0 Å². The third-order valence-electron chi connectivity index (χ3n) is 2.50. The first kappa shape index (κ1) is 12.4. The Bertz CT molecular complexity index is 387. The van der Waals surface area contributed by atoms with E-state index >= 15 is 0 Å². The molecule has 0 amide bonds. The monoisotopic (exact) mass is 227 g/mol. The second-order valence-electron chi connectivity index (χ2n) is 3.69. The fourth-order valence-electron chi connectivity index (χ4n) is 1.57. The number of nitro groups is 1. The van der Waals surface area contributed by atoms with Crippen LogP contribution < -0.4 is 10.6 Å². The molecule has 1 aromatic heterocycles. The van der Waals surface area contributed by atoms with Gasteiger partial charge >= 0.3 is 5.82 Å². The summed E-state index contributed by atoms with van der Waals surface area (Å²) in [4.78, 5) is 16.1. The van der Waals surface area contributed by atoms with Crippen molar-refractivity contribution in [2.24, 2.45) is 12.8 Å². The second-order valence-corrected chi connectivity index (χ2v) is 3.69. The number of rotatable bonds is 5. The Morgan fingerprint density at radius 2 is 2.25 bits per heavy atom. The Kier molecular flexibility index (Phi) is 3.83. The number of aryl methyl sites for hydroxylation is 1. The van der Waals surface area contributed by atoms with Crippen molar-refractivity contribution in [1.82, 2.24) is 9.55 Å². The van der Waals surface area contributed by atoms with Crippen LogP contribution in [0.2, 0.25) is 0 Å². The minimum Gasteiger partial charge on any atom is -0.358 e. The Labute approximate surface area is 94.0 Å². The highest BCUT2D eigenvalue weighted by molar-refractivity contribution is 5.55. The zero-order valence-electron chi connectivity index (χ0n) is 9.80. The van der Waals surface area contributed by atoms with E-state index in [0.717, 1.165) is 6.42 Å². The molecule has 0 aliphatic carbocycles. The van der Waals surface area contributed by atoms with E-state index in [4.69, 9.17) is 5.73 Å². The molecule has 0 bridgehead atoms. The summed E-state index contributed by atoms with van der Waals surface area (Å²) in [6.45, 7) is 2.98. The minimum absolute atomic E-state index is 0.0977. The van der Waals surface area contributed by atoms with E-state index in [9.17, 15) is 10.1 Å². The van der Waals surface area contributed by atoms with Crippen LogP contribution in [0.3, 0.4) is 0 Å². The normalized spacial score (nSPS) is 10.5. The molecule has 0 saturated heterocycles. The highest BCUT2D eigenvalue weighted by Gasteiger charge is 2.25. The van der Waals surface area contributed by atoms with Crippen molar-refractivity contribution in [1.29, 1.82) is 0 Å². The van der Waals surface area contributed by atoms with Gasteiger partial charge < -0.3 is 20.7 Å². The molecule has 0 aromatic carbocycles. The van der Waals surface area contributed by atoms with Crippen LogP contribution in [0.15, 0.2) is 0 Å². The quantitative estimate of drug-likeness (QED) is 0.581. The van der Waals surface area contributed by atoms with Gasteiger partial charge in [-0.25, -0.2) is 0 Å². The summed E-state index contributed by atoms with van der Waals surface area (Å²) < 4.78 is 1.72. The predicted octanol–water partition coefficient (Wildman–Crippen LogP) is 0.422. The summed E-state index contributed by atoms with van der Waals surface area (Å²) in [5.74, 6) is 1.05. The molecular weight excluding hydrogens is 210 g/mol. The molecule has 0 fully saturated rings. The van der Waals surface area contributed by atoms with Crippen LogP contribution in [0.5, 0.6) is 0 Å². The maximum Gasteiger partial charge on any atom is 0.406 e. The van der Waals surface area contributed by atoms with E-state index in [1.165, 1.54) is 0 Å². The minimum atomic E-state index is -0.457. The second kappa shape index (κ2) is 4.93. The van der Waals surface area contributed by atoms with Crippen LogP contribution in [0.1, 0.15) is 12.2 Å². The molecule has 0 radical (unpaired) electrons. The first-order valence-corrected chi connectivity index (χ1v) is 5.08. The van der Waals surface area contributed by atoms with Crippen molar-refractivity contribution in [3.8, 4) is 0 Å². The molecule has 7 heteroatoms. The van der Waals surface area contributed by atoms with Gasteiger partial charge in [0.1, 0.15) is 0 Å². The summed E-state index contributed by atoms with van der Waals surface area (Å²) in [6, 6.07) is 0. The van der Waals surface area contributed by atoms with Gasteiger partial charge in [0.05, 0.1) is 0 Å². The van der Waals surface area contributed by atoms with E-state index in [1.807, 2.05) is 4.90 Å². The van der Waals surface area contributed by atoms with Crippen LogP contribution in [0.4, 0.5) is 11.6 Å². The Morgan fingerprint density at radius 3 is 2.75 bits per heavy atom. The van der Waals surface area contributed by atoms with Gasteiger partial charge in [-0.2, -0.15) is 0 Å². The number of hydrogen-bond acceptors (Lipinski definition) is 5. The molecule has 0 aliphatic rings.